The van der Waals surface area contributed by atoms with E-state index in [9.17, 15) is 14.4 Å². The number of carbonyl (C=O) groups is 3. The smallest absolute Gasteiger partial charge is 0.342 e. The standard InChI is InChI=1S/C22H28O9/c1-9-14(23)28-12-8-19-11-7-10(18(2,3)4)20(19)13(26-5)15(24)30-17(20)31-22(19,16(25)29-11)21(9,12)27-6/h9-13,17H,7-8H2,1-6H3/t9-,10?,11?,12?,13+,17+,19?,20?,21-,22-/m1/s1. The Bertz CT molecular complexity index is 924. The zero-order chi connectivity index (χ0) is 22.4. The van der Waals surface area contributed by atoms with Gasteiger partial charge in [0.15, 0.2) is 11.7 Å². The van der Waals surface area contributed by atoms with E-state index in [1.165, 1.54) is 14.2 Å². The second kappa shape index (κ2) is 5.26. The van der Waals surface area contributed by atoms with Crippen LogP contribution in [0.5, 0.6) is 0 Å². The molecule has 2 spiro atoms. The summed E-state index contributed by atoms with van der Waals surface area (Å²) in [6, 6.07) is 0. The van der Waals surface area contributed by atoms with Gasteiger partial charge < -0.3 is 28.4 Å². The second-order valence-electron chi connectivity index (χ2n) is 11.0. The summed E-state index contributed by atoms with van der Waals surface area (Å²) in [7, 11) is 2.95. The summed E-state index contributed by atoms with van der Waals surface area (Å²) >= 11 is 0. The zero-order valence-electron chi connectivity index (χ0n) is 18.6. The molecule has 0 aromatic rings. The molecule has 0 N–H and O–H groups in total. The average Bonchev–Trinajstić information content (AvgIpc) is 3.39. The lowest BCUT2D eigenvalue weighted by atomic mass is 9.51. The lowest BCUT2D eigenvalue weighted by molar-refractivity contribution is -0.244. The summed E-state index contributed by atoms with van der Waals surface area (Å²) in [4.78, 5) is 39.3. The molecule has 2 saturated carbocycles. The summed E-state index contributed by atoms with van der Waals surface area (Å²) in [5.41, 5.74) is -5.23. The van der Waals surface area contributed by atoms with Crippen LogP contribution in [0.25, 0.3) is 0 Å². The van der Waals surface area contributed by atoms with Gasteiger partial charge in [-0.25, -0.2) is 9.59 Å². The van der Waals surface area contributed by atoms with Crippen molar-refractivity contribution in [2.45, 2.75) is 76.3 Å². The largest absolute Gasteiger partial charge is 0.459 e. The Morgan fingerprint density at radius 1 is 1.00 bits per heavy atom. The molecule has 6 aliphatic rings. The van der Waals surface area contributed by atoms with Crippen molar-refractivity contribution < 1.29 is 42.8 Å². The van der Waals surface area contributed by atoms with Crippen LogP contribution < -0.4 is 0 Å². The van der Waals surface area contributed by atoms with Crippen molar-refractivity contribution in [2.75, 3.05) is 14.2 Å². The number of rotatable bonds is 2. The molecule has 4 aliphatic heterocycles. The highest BCUT2D eigenvalue weighted by Gasteiger charge is 3.01. The topological polar surface area (TPSA) is 107 Å². The molecule has 9 nitrogen and oxygen atoms in total. The van der Waals surface area contributed by atoms with Gasteiger partial charge in [-0.1, -0.05) is 20.8 Å². The normalized spacial score (nSPS) is 56.1. The number of methoxy groups -OCH3 is 2. The first-order chi connectivity index (χ1) is 14.5. The van der Waals surface area contributed by atoms with E-state index >= 15 is 0 Å². The molecule has 4 heterocycles. The third kappa shape index (κ3) is 1.55. The van der Waals surface area contributed by atoms with Crippen LogP contribution in [0.15, 0.2) is 0 Å². The van der Waals surface area contributed by atoms with E-state index in [0.717, 1.165) is 0 Å². The van der Waals surface area contributed by atoms with Crippen molar-refractivity contribution in [3.63, 3.8) is 0 Å². The molecule has 4 saturated heterocycles. The first-order valence-electron chi connectivity index (χ1n) is 10.9. The van der Waals surface area contributed by atoms with Crippen LogP contribution >= 0.6 is 0 Å². The Morgan fingerprint density at radius 3 is 2.32 bits per heavy atom. The summed E-state index contributed by atoms with van der Waals surface area (Å²) < 4.78 is 35.9. The Balaban J connectivity index is 1.70. The number of hydrogen-bond acceptors (Lipinski definition) is 9. The minimum Gasteiger partial charge on any atom is -0.459 e. The average molecular weight is 436 g/mol. The van der Waals surface area contributed by atoms with Crippen LogP contribution in [0.4, 0.5) is 0 Å². The van der Waals surface area contributed by atoms with Gasteiger partial charge in [0.25, 0.3) is 0 Å². The molecule has 6 fully saturated rings. The predicted molar refractivity (Wildman–Crippen MR) is 100 cm³/mol. The maximum Gasteiger partial charge on any atom is 0.342 e. The van der Waals surface area contributed by atoms with Crippen LogP contribution in [-0.2, 0) is 42.8 Å². The van der Waals surface area contributed by atoms with Crippen molar-refractivity contribution in [3.8, 4) is 0 Å². The summed E-state index contributed by atoms with van der Waals surface area (Å²) in [6.45, 7) is 8.00. The van der Waals surface area contributed by atoms with Gasteiger partial charge in [0, 0.05) is 20.6 Å². The number of fused-ring (bicyclic) bond motifs is 1. The van der Waals surface area contributed by atoms with E-state index in [1.807, 2.05) is 0 Å². The molecule has 0 aromatic carbocycles. The first-order valence-corrected chi connectivity index (χ1v) is 10.9. The maximum atomic E-state index is 13.7. The quantitative estimate of drug-likeness (QED) is 0.462. The van der Waals surface area contributed by atoms with Gasteiger partial charge in [-0.3, -0.25) is 4.79 Å². The molecular weight excluding hydrogens is 408 g/mol. The summed E-state index contributed by atoms with van der Waals surface area (Å²) in [5, 5.41) is 0. The van der Waals surface area contributed by atoms with Crippen molar-refractivity contribution >= 4 is 17.9 Å². The fourth-order valence-corrected chi connectivity index (χ4v) is 8.75. The highest BCUT2D eigenvalue weighted by Crippen LogP contribution is 2.85. The Morgan fingerprint density at radius 2 is 1.71 bits per heavy atom. The third-order valence-corrected chi connectivity index (χ3v) is 9.47. The zero-order valence-corrected chi connectivity index (χ0v) is 18.6. The molecule has 0 radical (unpaired) electrons. The van der Waals surface area contributed by atoms with E-state index in [2.05, 4.69) is 20.8 Å². The molecule has 2 aliphatic carbocycles. The predicted octanol–water partition coefficient (Wildman–Crippen LogP) is 0.968. The monoisotopic (exact) mass is 436 g/mol. The molecule has 0 aromatic heterocycles. The lowest BCUT2D eigenvalue weighted by Crippen LogP contribution is -2.67. The molecule has 0 bridgehead atoms. The van der Waals surface area contributed by atoms with Gasteiger partial charge in [-0.2, -0.15) is 0 Å². The van der Waals surface area contributed by atoms with Gasteiger partial charge in [0.05, 0.1) is 16.7 Å². The second-order valence-corrected chi connectivity index (χ2v) is 11.0. The number of hydrogen-bond donors (Lipinski definition) is 0. The molecule has 0 amide bonds. The van der Waals surface area contributed by atoms with Crippen molar-refractivity contribution in [1.29, 1.82) is 0 Å². The van der Waals surface area contributed by atoms with E-state index in [-0.39, 0.29) is 17.8 Å². The van der Waals surface area contributed by atoms with E-state index in [0.29, 0.717) is 6.42 Å². The first kappa shape index (κ1) is 19.9. The van der Waals surface area contributed by atoms with Gasteiger partial charge >= 0.3 is 17.9 Å². The molecule has 170 valence electrons. The van der Waals surface area contributed by atoms with Gasteiger partial charge in [0.2, 0.25) is 11.9 Å². The van der Waals surface area contributed by atoms with Gasteiger partial charge in [-0.05, 0) is 24.7 Å². The number of carbonyl (C=O) groups excluding carboxylic acids is 3. The van der Waals surface area contributed by atoms with Crippen molar-refractivity contribution in [2.24, 2.45) is 28.1 Å². The molecule has 6 rings (SSSR count). The molecular formula is C22H28O9. The number of ether oxygens (including phenoxy) is 6. The van der Waals surface area contributed by atoms with Crippen LogP contribution in [0.1, 0.15) is 40.5 Å². The minimum absolute atomic E-state index is 0.111. The number of esters is 3. The fraction of sp³-hybridized carbons (Fsp3) is 0.864. The maximum absolute atomic E-state index is 13.7. The highest BCUT2D eigenvalue weighted by molar-refractivity contribution is 5.93. The molecule has 5 unspecified atom stereocenters. The van der Waals surface area contributed by atoms with Crippen molar-refractivity contribution in [1.82, 2.24) is 0 Å². The van der Waals surface area contributed by atoms with Crippen molar-refractivity contribution in [3.05, 3.63) is 0 Å². The summed E-state index contributed by atoms with van der Waals surface area (Å²) in [6.07, 6.45) is -2.32. The van der Waals surface area contributed by atoms with Crippen LogP contribution in [-0.4, -0.2) is 67.9 Å². The highest BCUT2D eigenvalue weighted by atomic mass is 16.8. The summed E-state index contributed by atoms with van der Waals surface area (Å²) in [5.74, 6) is -2.38. The third-order valence-electron chi connectivity index (χ3n) is 9.47. The van der Waals surface area contributed by atoms with Gasteiger partial charge in [0.1, 0.15) is 12.2 Å². The minimum atomic E-state index is -1.63. The SMILES string of the molecule is CO[C@H]1C(=O)O[C@H]2O[C@]34C(=O)OC5CC(C(C)(C)C)C21C53CC1OC(=O)[C@@H](C)[C@@]14OC. The van der Waals surface area contributed by atoms with Crippen LogP contribution in [0.2, 0.25) is 0 Å². The fourth-order valence-electron chi connectivity index (χ4n) is 8.75. The van der Waals surface area contributed by atoms with E-state index in [1.54, 1.807) is 6.92 Å². The molecule has 31 heavy (non-hydrogen) atoms. The Hall–Kier alpha value is -1.71. The molecule has 10 atom stereocenters. The molecule has 9 heteroatoms. The van der Waals surface area contributed by atoms with E-state index in [4.69, 9.17) is 28.4 Å². The lowest BCUT2D eigenvalue weighted by Gasteiger charge is -2.47. The van der Waals surface area contributed by atoms with Crippen LogP contribution in [0.3, 0.4) is 0 Å². The van der Waals surface area contributed by atoms with Gasteiger partial charge in [-0.15, -0.1) is 0 Å². The Kier molecular flexibility index (Phi) is 3.38. The van der Waals surface area contributed by atoms with Crippen LogP contribution in [0, 0.1) is 28.1 Å². The van der Waals surface area contributed by atoms with E-state index < -0.39 is 70.5 Å². The Labute approximate surface area is 180 Å².